The van der Waals surface area contributed by atoms with Crippen molar-refractivity contribution in [3.8, 4) is 0 Å². The van der Waals surface area contributed by atoms with Gasteiger partial charge < -0.3 is 5.32 Å². The molecule has 0 saturated heterocycles. The van der Waals surface area contributed by atoms with E-state index in [1.165, 1.54) is 11.1 Å². The van der Waals surface area contributed by atoms with Gasteiger partial charge in [0.15, 0.2) is 0 Å². The predicted octanol–water partition coefficient (Wildman–Crippen LogP) is 5.33. The Morgan fingerprint density at radius 2 is 1.95 bits per heavy atom. The number of hydrogen-bond acceptors (Lipinski definition) is 1. The van der Waals surface area contributed by atoms with E-state index in [2.05, 4.69) is 30.4 Å². The number of hydrogen-bond donors (Lipinski definition) is 1. The van der Waals surface area contributed by atoms with Crippen molar-refractivity contribution in [1.82, 2.24) is 5.32 Å². The molecule has 1 nitrogen and oxygen atoms in total. The Hall–Kier alpha value is -1.02. The molecule has 0 fully saturated rings. The molecule has 1 aliphatic rings. The van der Waals surface area contributed by atoms with Crippen LogP contribution in [0.5, 0.6) is 0 Å². The fourth-order valence-corrected chi connectivity index (χ4v) is 3.47. The van der Waals surface area contributed by atoms with Gasteiger partial charge in [0, 0.05) is 22.1 Å². The standard InChI is InChI=1S/C17H17Cl2N/c1-11(14-4-2-3-5-16(14)19)20-17-9-6-12-10-13(18)7-8-15(12)17/h2-5,7-8,10-11,17,20H,6,9H2,1H3/t11-,17?/m0/s1. The molecule has 1 aliphatic carbocycles. The van der Waals surface area contributed by atoms with Crippen molar-refractivity contribution in [3.63, 3.8) is 0 Å². The fraction of sp³-hybridized carbons (Fsp3) is 0.294. The maximum absolute atomic E-state index is 6.27. The normalized spacial score (nSPS) is 18.9. The third-order valence-electron chi connectivity index (χ3n) is 4.01. The van der Waals surface area contributed by atoms with Gasteiger partial charge in [-0.25, -0.2) is 0 Å². The van der Waals surface area contributed by atoms with Crippen LogP contribution >= 0.6 is 23.2 Å². The zero-order valence-corrected chi connectivity index (χ0v) is 12.9. The Morgan fingerprint density at radius 1 is 1.15 bits per heavy atom. The molecule has 0 saturated carbocycles. The van der Waals surface area contributed by atoms with E-state index < -0.39 is 0 Å². The lowest BCUT2D eigenvalue weighted by atomic mass is 10.0. The van der Waals surface area contributed by atoms with Gasteiger partial charge in [-0.1, -0.05) is 47.5 Å². The molecule has 0 heterocycles. The first-order valence-electron chi connectivity index (χ1n) is 6.94. The Morgan fingerprint density at radius 3 is 2.75 bits per heavy atom. The maximum Gasteiger partial charge on any atom is 0.0453 e. The topological polar surface area (TPSA) is 12.0 Å². The summed E-state index contributed by atoms with van der Waals surface area (Å²) < 4.78 is 0. The number of aryl methyl sites for hydroxylation is 1. The van der Waals surface area contributed by atoms with Crippen LogP contribution in [-0.4, -0.2) is 0 Å². The van der Waals surface area contributed by atoms with E-state index in [0.29, 0.717) is 6.04 Å². The van der Waals surface area contributed by atoms with Crippen LogP contribution in [0.3, 0.4) is 0 Å². The lowest BCUT2D eigenvalue weighted by Crippen LogP contribution is -2.23. The van der Waals surface area contributed by atoms with Crippen molar-refractivity contribution >= 4 is 23.2 Å². The Bertz CT molecular complexity index is 624. The molecule has 0 aliphatic heterocycles. The Kier molecular flexibility index (Phi) is 4.02. The summed E-state index contributed by atoms with van der Waals surface area (Å²) in [5.41, 5.74) is 3.88. The SMILES string of the molecule is C[C@H](NC1CCc2cc(Cl)ccc21)c1ccccc1Cl. The molecule has 0 bridgehead atoms. The summed E-state index contributed by atoms with van der Waals surface area (Å²) >= 11 is 12.3. The van der Waals surface area contributed by atoms with Crippen molar-refractivity contribution in [2.45, 2.75) is 31.8 Å². The van der Waals surface area contributed by atoms with Gasteiger partial charge in [-0.15, -0.1) is 0 Å². The van der Waals surface area contributed by atoms with Crippen molar-refractivity contribution in [1.29, 1.82) is 0 Å². The summed E-state index contributed by atoms with van der Waals surface area (Å²) in [5, 5.41) is 5.33. The fourth-order valence-electron chi connectivity index (χ4n) is 2.98. The largest absolute Gasteiger partial charge is 0.303 e. The minimum atomic E-state index is 0.232. The highest BCUT2D eigenvalue weighted by molar-refractivity contribution is 6.31. The molecule has 2 aromatic carbocycles. The van der Waals surface area contributed by atoms with Crippen molar-refractivity contribution in [2.75, 3.05) is 0 Å². The first-order valence-corrected chi connectivity index (χ1v) is 7.69. The van der Waals surface area contributed by atoms with Crippen molar-refractivity contribution in [3.05, 3.63) is 69.2 Å². The van der Waals surface area contributed by atoms with Crippen molar-refractivity contribution in [2.24, 2.45) is 0 Å². The number of rotatable bonds is 3. The molecule has 104 valence electrons. The highest BCUT2D eigenvalue weighted by Gasteiger charge is 2.24. The highest BCUT2D eigenvalue weighted by atomic mass is 35.5. The average Bonchev–Trinajstić information content (AvgIpc) is 2.81. The van der Waals surface area contributed by atoms with E-state index in [0.717, 1.165) is 28.5 Å². The molecular formula is C17H17Cl2N. The maximum atomic E-state index is 6.27. The van der Waals surface area contributed by atoms with Crippen LogP contribution in [0.2, 0.25) is 10.0 Å². The molecular weight excluding hydrogens is 289 g/mol. The van der Waals surface area contributed by atoms with Gasteiger partial charge in [-0.05, 0) is 54.7 Å². The van der Waals surface area contributed by atoms with Crippen LogP contribution in [0.25, 0.3) is 0 Å². The molecule has 0 aromatic heterocycles. The van der Waals surface area contributed by atoms with Crippen LogP contribution in [0.4, 0.5) is 0 Å². The molecule has 1 N–H and O–H groups in total. The van der Waals surface area contributed by atoms with Crippen molar-refractivity contribution < 1.29 is 0 Å². The molecule has 2 aromatic rings. The van der Waals surface area contributed by atoms with Gasteiger partial charge >= 0.3 is 0 Å². The number of benzene rings is 2. The van der Waals surface area contributed by atoms with E-state index in [9.17, 15) is 0 Å². The van der Waals surface area contributed by atoms with Crippen LogP contribution in [0, 0.1) is 0 Å². The Balaban J connectivity index is 1.79. The summed E-state index contributed by atoms with van der Waals surface area (Å²) in [5.74, 6) is 0. The monoisotopic (exact) mass is 305 g/mol. The molecule has 0 spiro atoms. The third-order valence-corrected chi connectivity index (χ3v) is 4.59. The molecule has 3 heteroatoms. The highest BCUT2D eigenvalue weighted by Crippen LogP contribution is 2.35. The average molecular weight is 306 g/mol. The second kappa shape index (κ2) is 5.77. The minimum Gasteiger partial charge on any atom is -0.303 e. The van der Waals surface area contributed by atoms with E-state index in [-0.39, 0.29) is 6.04 Å². The van der Waals surface area contributed by atoms with Crippen LogP contribution in [0.1, 0.15) is 42.1 Å². The summed E-state index contributed by atoms with van der Waals surface area (Å²) in [4.78, 5) is 0. The quantitative estimate of drug-likeness (QED) is 0.808. The Labute approximate surface area is 129 Å². The van der Waals surface area contributed by atoms with Crippen LogP contribution in [-0.2, 0) is 6.42 Å². The molecule has 1 unspecified atom stereocenters. The second-order valence-electron chi connectivity index (χ2n) is 5.34. The van der Waals surface area contributed by atoms with E-state index in [4.69, 9.17) is 23.2 Å². The van der Waals surface area contributed by atoms with E-state index in [1.54, 1.807) is 0 Å². The first-order chi connectivity index (χ1) is 9.65. The van der Waals surface area contributed by atoms with Crippen LogP contribution in [0.15, 0.2) is 42.5 Å². The van der Waals surface area contributed by atoms with Gasteiger partial charge in [0.2, 0.25) is 0 Å². The van der Waals surface area contributed by atoms with Gasteiger partial charge in [-0.2, -0.15) is 0 Å². The van der Waals surface area contributed by atoms with Gasteiger partial charge in [0.05, 0.1) is 0 Å². The van der Waals surface area contributed by atoms with Gasteiger partial charge in [0.1, 0.15) is 0 Å². The zero-order chi connectivity index (χ0) is 14.1. The lowest BCUT2D eigenvalue weighted by molar-refractivity contribution is 0.465. The van der Waals surface area contributed by atoms with E-state index >= 15 is 0 Å². The molecule has 3 rings (SSSR count). The first kappa shape index (κ1) is 13.9. The minimum absolute atomic E-state index is 0.232. The smallest absolute Gasteiger partial charge is 0.0453 e. The zero-order valence-electron chi connectivity index (χ0n) is 11.4. The summed E-state index contributed by atoms with van der Waals surface area (Å²) in [6.45, 7) is 2.16. The number of fused-ring (bicyclic) bond motifs is 1. The number of halogens is 2. The summed E-state index contributed by atoms with van der Waals surface area (Å²) in [6, 6.07) is 14.8. The lowest BCUT2D eigenvalue weighted by Gasteiger charge is -2.21. The molecule has 0 radical (unpaired) electrons. The predicted molar refractivity (Wildman–Crippen MR) is 85.5 cm³/mol. The molecule has 2 atom stereocenters. The molecule has 0 amide bonds. The van der Waals surface area contributed by atoms with Gasteiger partial charge in [0.25, 0.3) is 0 Å². The number of nitrogens with one attached hydrogen (secondary N) is 1. The summed E-state index contributed by atoms with van der Waals surface area (Å²) in [6.07, 6.45) is 2.20. The second-order valence-corrected chi connectivity index (χ2v) is 6.19. The van der Waals surface area contributed by atoms with E-state index in [1.807, 2.05) is 24.3 Å². The summed E-state index contributed by atoms with van der Waals surface area (Å²) in [7, 11) is 0. The van der Waals surface area contributed by atoms with Crippen LogP contribution < -0.4 is 5.32 Å². The molecule has 20 heavy (non-hydrogen) atoms. The third kappa shape index (κ3) is 2.71. The van der Waals surface area contributed by atoms with Gasteiger partial charge in [-0.3, -0.25) is 0 Å².